The quantitative estimate of drug-likeness (QED) is 0.168. The van der Waals surface area contributed by atoms with Crippen LogP contribution in [0.2, 0.25) is 0 Å². The summed E-state index contributed by atoms with van der Waals surface area (Å²) in [4.78, 5) is 10.1. The number of hydrogen-bond donors (Lipinski definition) is 1. The van der Waals surface area contributed by atoms with Crippen LogP contribution in [-0.2, 0) is 33.9 Å². The number of sulfonamides is 1. The van der Waals surface area contributed by atoms with Crippen LogP contribution < -0.4 is 9.62 Å². The topological polar surface area (TPSA) is 111 Å². The van der Waals surface area contributed by atoms with Crippen molar-refractivity contribution in [2.45, 2.75) is 148 Å². The Morgan fingerprint density at radius 2 is 1.24 bits per heavy atom. The van der Waals surface area contributed by atoms with E-state index in [1.165, 1.54) is 79.9 Å². The molecule has 0 atom stereocenters. The van der Waals surface area contributed by atoms with E-state index >= 15 is 0 Å². The molecule has 5 aromatic rings. The van der Waals surface area contributed by atoms with Crippen molar-refractivity contribution in [2.75, 3.05) is 23.7 Å². The van der Waals surface area contributed by atoms with Gasteiger partial charge in [-0.25, -0.2) is 18.4 Å². The van der Waals surface area contributed by atoms with Crippen LogP contribution in [0.1, 0.15) is 129 Å². The van der Waals surface area contributed by atoms with Crippen molar-refractivity contribution in [3.63, 3.8) is 0 Å². The second-order valence-electron chi connectivity index (χ2n) is 17.9. The molecular weight excluding hydrogens is 695 g/mol. The summed E-state index contributed by atoms with van der Waals surface area (Å²) in [6, 6.07) is 12.3. The number of anilines is 2. The third-order valence-corrected chi connectivity index (χ3v) is 13.4. The maximum absolute atomic E-state index is 13.3. The van der Waals surface area contributed by atoms with Gasteiger partial charge in [-0.3, -0.25) is 4.31 Å². The van der Waals surface area contributed by atoms with Gasteiger partial charge in [-0.15, -0.1) is 0 Å². The fraction of sp³-hybridized carbons (Fsp3) is 0.605. The van der Waals surface area contributed by atoms with Crippen LogP contribution in [0.3, 0.4) is 0 Å². The second kappa shape index (κ2) is 15.7. The van der Waals surface area contributed by atoms with Gasteiger partial charge in [0, 0.05) is 43.7 Å². The van der Waals surface area contributed by atoms with Gasteiger partial charge in [-0.05, 0) is 87.8 Å². The van der Waals surface area contributed by atoms with Crippen LogP contribution in [0.5, 0.6) is 0 Å². The molecule has 7 rings (SSSR count). The van der Waals surface area contributed by atoms with Gasteiger partial charge in [0.15, 0.2) is 10.7 Å². The van der Waals surface area contributed by atoms with E-state index in [0.717, 1.165) is 47.1 Å². The number of hydrogen-bond acceptors (Lipinski definition) is 7. The van der Waals surface area contributed by atoms with E-state index in [1.54, 1.807) is 20.9 Å². The molecule has 0 bridgehead atoms. The van der Waals surface area contributed by atoms with E-state index in [-0.39, 0.29) is 15.7 Å². The van der Waals surface area contributed by atoms with Crippen molar-refractivity contribution in [2.24, 2.45) is 11.8 Å². The van der Waals surface area contributed by atoms with Crippen LogP contribution in [0.15, 0.2) is 45.8 Å². The predicted molar refractivity (Wildman–Crippen MR) is 221 cm³/mol. The molecule has 54 heavy (non-hydrogen) atoms. The Morgan fingerprint density at radius 1 is 0.759 bits per heavy atom. The molecule has 3 heterocycles. The van der Waals surface area contributed by atoms with E-state index in [9.17, 15) is 8.42 Å². The lowest BCUT2D eigenvalue weighted by Gasteiger charge is -2.26. The van der Waals surface area contributed by atoms with Crippen LogP contribution in [0.25, 0.3) is 22.1 Å². The first-order chi connectivity index (χ1) is 25.5. The number of nitrogens with zero attached hydrogens (tertiary/aromatic N) is 6. The van der Waals surface area contributed by atoms with Crippen LogP contribution in [0.4, 0.5) is 11.4 Å². The highest BCUT2D eigenvalue weighted by atomic mass is 32.2. The highest BCUT2D eigenvalue weighted by Crippen LogP contribution is 2.35. The summed E-state index contributed by atoms with van der Waals surface area (Å²) in [6.45, 7) is 18.7. The minimum atomic E-state index is -3.79. The van der Waals surface area contributed by atoms with Crippen LogP contribution in [-0.4, -0.2) is 46.8 Å². The number of fused-ring (bicyclic) bond motifs is 2. The predicted octanol–water partition coefficient (Wildman–Crippen LogP) is 10.3. The zero-order valence-corrected chi connectivity index (χ0v) is 35.2. The molecule has 2 saturated carbocycles. The molecular formula is C43H63N7O3S. The van der Waals surface area contributed by atoms with Gasteiger partial charge < -0.3 is 19.0 Å². The monoisotopic (exact) mass is 757 g/mol. The molecule has 0 amide bonds. The lowest BCUT2D eigenvalue weighted by atomic mass is 9.88. The highest BCUT2D eigenvalue weighted by Gasteiger charge is 2.31. The van der Waals surface area contributed by atoms with Crippen molar-refractivity contribution >= 4 is 43.5 Å². The molecule has 0 spiro atoms. The minimum Gasteiger partial charge on any atom is -0.388 e. The Kier molecular flexibility index (Phi) is 11.6. The molecule has 10 nitrogen and oxygen atoms in total. The summed E-state index contributed by atoms with van der Waals surface area (Å²) in [5.74, 6) is 4.05. The smallest absolute Gasteiger partial charge is 0.269 e. The Hall–Kier alpha value is -3.86. The molecule has 294 valence electrons. The summed E-state index contributed by atoms with van der Waals surface area (Å²) in [6.07, 6.45) is 13.4. The molecule has 2 aromatic carbocycles. The van der Waals surface area contributed by atoms with Crippen molar-refractivity contribution in [3.8, 4) is 0 Å². The minimum absolute atomic E-state index is 0.0769. The molecule has 2 fully saturated rings. The SMILES string of the molecule is CNc1ccc2c(c1)nc(C(C)(C)C)n2CC1CCCCC1.Cc1noc(C)c1S(=O)(=O)N(C)c1ccc2c(c1)nc(C(C)(C)C)n2CC1CCCCC1. The highest BCUT2D eigenvalue weighted by molar-refractivity contribution is 7.92. The van der Waals surface area contributed by atoms with E-state index in [0.29, 0.717) is 23.1 Å². The number of imidazole rings is 2. The molecule has 2 aliphatic rings. The average molecular weight is 758 g/mol. The number of aryl methyl sites for hydroxylation is 2. The van der Waals surface area contributed by atoms with Gasteiger partial charge in [-0.2, -0.15) is 0 Å². The zero-order valence-electron chi connectivity index (χ0n) is 34.4. The first kappa shape index (κ1) is 39.8. The fourth-order valence-corrected chi connectivity index (χ4v) is 9.96. The average Bonchev–Trinajstić information content (AvgIpc) is 3.81. The number of rotatable bonds is 8. The number of nitrogens with one attached hydrogen (secondary N) is 1. The summed E-state index contributed by atoms with van der Waals surface area (Å²) >= 11 is 0. The Labute approximate surface area is 323 Å². The fourth-order valence-electron chi connectivity index (χ4n) is 8.49. The van der Waals surface area contributed by atoms with Gasteiger partial charge in [-0.1, -0.05) is 85.2 Å². The molecule has 0 unspecified atom stereocenters. The molecule has 0 radical (unpaired) electrons. The van der Waals surface area contributed by atoms with Crippen molar-refractivity contribution < 1.29 is 12.9 Å². The Bertz CT molecular complexity index is 2150. The van der Waals surface area contributed by atoms with Gasteiger partial charge in [0.2, 0.25) is 0 Å². The number of benzene rings is 2. The largest absolute Gasteiger partial charge is 0.388 e. The molecule has 11 heteroatoms. The zero-order chi connectivity index (χ0) is 39.0. The molecule has 2 aliphatic carbocycles. The van der Waals surface area contributed by atoms with Gasteiger partial charge in [0.1, 0.15) is 17.3 Å². The van der Waals surface area contributed by atoms with Gasteiger partial charge in [0.25, 0.3) is 10.0 Å². The van der Waals surface area contributed by atoms with Crippen molar-refractivity contribution in [1.82, 2.24) is 24.3 Å². The van der Waals surface area contributed by atoms with Crippen molar-refractivity contribution in [3.05, 3.63) is 59.5 Å². The molecule has 3 aromatic heterocycles. The molecule has 0 aliphatic heterocycles. The van der Waals surface area contributed by atoms with Gasteiger partial charge in [0.05, 0.1) is 27.8 Å². The van der Waals surface area contributed by atoms with E-state index in [1.807, 2.05) is 25.2 Å². The lowest BCUT2D eigenvalue weighted by Crippen LogP contribution is -2.27. The third-order valence-electron chi connectivity index (χ3n) is 11.4. The lowest BCUT2D eigenvalue weighted by molar-refractivity contribution is 0.313. The normalized spacial score (nSPS) is 16.5. The summed E-state index contributed by atoms with van der Waals surface area (Å²) in [5.41, 5.74) is 6.33. The van der Waals surface area contributed by atoms with E-state index in [4.69, 9.17) is 14.5 Å². The van der Waals surface area contributed by atoms with Crippen molar-refractivity contribution in [1.29, 1.82) is 0 Å². The summed E-state index contributed by atoms with van der Waals surface area (Å²) in [7, 11) is -0.266. The van der Waals surface area contributed by atoms with Crippen LogP contribution in [0, 0.1) is 25.7 Å². The molecule has 1 N–H and O–H groups in total. The Balaban J connectivity index is 0.000000197. The second-order valence-corrected chi connectivity index (χ2v) is 19.8. The third kappa shape index (κ3) is 8.36. The van der Waals surface area contributed by atoms with E-state index in [2.05, 4.69) is 79.3 Å². The molecule has 0 saturated heterocycles. The summed E-state index contributed by atoms with van der Waals surface area (Å²) in [5, 5.41) is 7.03. The Morgan fingerprint density at radius 3 is 1.69 bits per heavy atom. The standard InChI is InChI=1S/C24H34N4O3S.C19H29N3/c1-16-22(17(2)31-26-16)32(29,30)27(6)19-12-13-21-20(14-19)25-23(24(3,4)5)28(21)15-18-10-8-7-9-11-18;1-19(2,3)18-21-16-12-15(20-4)10-11-17(16)22(18)13-14-8-6-5-7-9-14/h12-14,18H,7-11,15H2,1-6H3;10-12,14,20H,5-9,13H2,1-4H3. The first-order valence-electron chi connectivity index (χ1n) is 20.1. The number of aromatic nitrogens is 5. The van der Waals surface area contributed by atoms with Gasteiger partial charge >= 0.3 is 0 Å². The first-order valence-corrected chi connectivity index (χ1v) is 21.5. The van der Waals surface area contributed by atoms with Crippen LogP contribution >= 0.6 is 0 Å². The summed E-state index contributed by atoms with van der Waals surface area (Å²) < 4.78 is 37.8. The maximum atomic E-state index is 13.3. The van der Waals surface area contributed by atoms with E-state index < -0.39 is 10.0 Å². The maximum Gasteiger partial charge on any atom is 0.269 e.